The van der Waals surface area contributed by atoms with Gasteiger partial charge in [0.05, 0.1) is 10.6 Å². The van der Waals surface area contributed by atoms with Crippen molar-refractivity contribution in [3.63, 3.8) is 0 Å². The molecular formula is C22H36N4O4S. The Bertz CT molecular complexity index is 837. The Balaban J connectivity index is 2.29. The van der Waals surface area contributed by atoms with E-state index in [4.69, 9.17) is 0 Å². The number of nitro benzene ring substituents is 1. The van der Waals surface area contributed by atoms with Gasteiger partial charge in [0.15, 0.2) is 0 Å². The van der Waals surface area contributed by atoms with Crippen molar-refractivity contribution in [1.82, 2.24) is 4.31 Å². The maximum absolute atomic E-state index is 13.1. The average molecular weight is 453 g/mol. The van der Waals surface area contributed by atoms with Gasteiger partial charge in [-0.3, -0.25) is 15.5 Å². The first-order valence-corrected chi connectivity index (χ1v) is 12.9. The molecule has 0 unspecified atom stereocenters. The lowest BCUT2D eigenvalue weighted by Gasteiger charge is -2.20. The number of rotatable bonds is 7. The molecular weight excluding hydrogens is 416 g/mol. The normalized spacial score (nSPS) is 16.9. The molecule has 0 bridgehead atoms. The van der Waals surface area contributed by atoms with Crippen LogP contribution in [0.4, 0.5) is 11.4 Å². The van der Waals surface area contributed by atoms with Crippen LogP contribution in [-0.2, 0) is 10.0 Å². The molecule has 0 atom stereocenters. The number of sulfonamides is 1. The minimum absolute atomic E-state index is 0.108. The topological polar surface area (TPSA) is 105 Å². The Morgan fingerprint density at radius 2 is 1.48 bits per heavy atom. The van der Waals surface area contributed by atoms with Gasteiger partial charge in [-0.1, -0.05) is 58.8 Å². The summed E-state index contributed by atoms with van der Waals surface area (Å²) in [5.74, 6) is 0. The van der Waals surface area contributed by atoms with Gasteiger partial charge in [0, 0.05) is 30.9 Å². The van der Waals surface area contributed by atoms with Crippen molar-refractivity contribution in [2.45, 2.75) is 89.4 Å². The molecule has 0 spiro atoms. The van der Waals surface area contributed by atoms with E-state index in [1.165, 1.54) is 61.4 Å². The summed E-state index contributed by atoms with van der Waals surface area (Å²) in [4.78, 5) is 10.6. The van der Waals surface area contributed by atoms with E-state index in [0.717, 1.165) is 37.5 Å². The molecule has 9 heteroatoms. The minimum atomic E-state index is -3.88. The highest BCUT2D eigenvalue weighted by atomic mass is 32.2. The Labute approximate surface area is 186 Å². The van der Waals surface area contributed by atoms with Crippen LogP contribution in [0.5, 0.6) is 0 Å². The van der Waals surface area contributed by atoms with Gasteiger partial charge < -0.3 is 0 Å². The molecule has 1 N–H and O–H groups in total. The Kier molecular flexibility index (Phi) is 10.4. The van der Waals surface area contributed by atoms with Crippen LogP contribution in [0, 0.1) is 10.1 Å². The molecule has 1 aromatic rings. The molecule has 0 saturated heterocycles. The smallest absolute Gasteiger partial charge is 0.270 e. The van der Waals surface area contributed by atoms with Gasteiger partial charge in [0.1, 0.15) is 4.90 Å². The Morgan fingerprint density at radius 3 is 1.97 bits per heavy atom. The molecule has 0 amide bonds. The van der Waals surface area contributed by atoms with E-state index in [-0.39, 0.29) is 29.4 Å². The van der Waals surface area contributed by atoms with Crippen LogP contribution in [0.3, 0.4) is 0 Å². The number of hydrazone groups is 1. The first-order valence-electron chi connectivity index (χ1n) is 11.5. The lowest BCUT2D eigenvalue weighted by atomic mass is 10.00. The van der Waals surface area contributed by atoms with Gasteiger partial charge in [-0.15, -0.1) is 0 Å². The van der Waals surface area contributed by atoms with Crippen LogP contribution in [0.2, 0.25) is 0 Å². The van der Waals surface area contributed by atoms with E-state index in [1.807, 2.05) is 0 Å². The second-order valence-electron chi connectivity index (χ2n) is 8.00. The molecule has 0 aromatic heterocycles. The second-order valence-corrected chi connectivity index (χ2v) is 9.91. The van der Waals surface area contributed by atoms with Gasteiger partial charge in [-0.2, -0.15) is 9.41 Å². The number of hydrogen-bond donors (Lipinski definition) is 1. The number of benzene rings is 1. The first kappa shape index (κ1) is 25.3. The van der Waals surface area contributed by atoms with E-state index in [2.05, 4.69) is 10.5 Å². The molecule has 1 aromatic carbocycles. The van der Waals surface area contributed by atoms with Crippen molar-refractivity contribution in [1.29, 1.82) is 0 Å². The van der Waals surface area contributed by atoms with Crippen molar-refractivity contribution < 1.29 is 13.3 Å². The molecule has 1 aliphatic carbocycles. The van der Waals surface area contributed by atoms with Gasteiger partial charge in [0.2, 0.25) is 10.0 Å². The zero-order chi connectivity index (χ0) is 22.7. The summed E-state index contributed by atoms with van der Waals surface area (Å²) in [7, 11) is -3.88. The predicted molar refractivity (Wildman–Crippen MR) is 125 cm³/mol. The van der Waals surface area contributed by atoms with E-state index in [0.29, 0.717) is 0 Å². The number of anilines is 1. The highest BCUT2D eigenvalue weighted by Crippen LogP contribution is 2.29. The zero-order valence-electron chi connectivity index (χ0n) is 18.8. The van der Waals surface area contributed by atoms with Gasteiger partial charge in [-0.25, -0.2) is 8.42 Å². The number of nitrogens with zero attached hydrogens (tertiary/aromatic N) is 3. The molecule has 1 fully saturated rings. The summed E-state index contributed by atoms with van der Waals surface area (Å²) in [6.07, 6.45) is 12.7. The molecule has 1 saturated carbocycles. The first-order chi connectivity index (χ1) is 14.9. The maximum atomic E-state index is 13.1. The number of nitro groups is 1. The zero-order valence-corrected chi connectivity index (χ0v) is 19.6. The summed E-state index contributed by atoms with van der Waals surface area (Å²) >= 11 is 0. The van der Waals surface area contributed by atoms with Crippen molar-refractivity contribution in [3.8, 4) is 0 Å². The monoisotopic (exact) mass is 452 g/mol. The van der Waals surface area contributed by atoms with Crippen LogP contribution in [0.25, 0.3) is 0 Å². The molecule has 2 rings (SSSR count). The quantitative estimate of drug-likeness (QED) is 0.422. The number of hydrogen-bond acceptors (Lipinski definition) is 6. The summed E-state index contributed by atoms with van der Waals surface area (Å²) in [6.45, 7) is 4.07. The highest BCUT2D eigenvalue weighted by Gasteiger charge is 2.27. The molecule has 8 nitrogen and oxygen atoms in total. The molecule has 0 radical (unpaired) electrons. The SMILES string of the molecule is CCN(CC)S(=O)(=O)c1cc([N+](=O)[O-])ccc1NN=C1CCCCCCCCCCC1. The molecule has 31 heavy (non-hydrogen) atoms. The summed E-state index contributed by atoms with van der Waals surface area (Å²) in [5.41, 5.74) is 3.98. The minimum Gasteiger partial charge on any atom is -0.277 e. The molecule has 174 valence electrons. The number of non-ortho nitro benzene ring substituents is 1. The van der Waals surface area contributed by atoms with Crippen molar-refractivity contribution in [2.75, 3.05) is 18.5 Å². The van der Waals surface area contributed by atoms with Crippen LogP contribution < -0.4 is 5.43 Å². The lowest BCUT2D eigenvalue weighted by Crippen LogP contribution is -2.31. The van der Waals surface area contributed by atoms with Gasteiger partial charge >= 0.3 is 0 Å². The third-order valence-electron chi connectivity index (χ3n) is 5.76. The third kappa shape index (κ3) is 7.57. The van der Waals surface area contributed by atoms with Crippen LogP contribution in [-0.4, -0.2) is 36.4 Å². The third-order valence-corrected chi connectivity index (χ3v) is 7.85. The van der Waals surface area contributed by atoms with Crippen molar-refractivity contribution >= 4 is 27.1 Å². The lowest BCUT2D eigenvalue weighted by molar-refractivity contribution is -0.385. The number of nitrogens with one attached hydrogen (secondary N) is 1. The summed E-state index contributed by atoms with van der Waals surface area (Å²) in [6, 6.07) is 3.87. The predicted octanol–water partition coefficient (Wildman–Crippen LogP) is 5.70. The molecule has 0 aliphatic heterocycles. The molecule has 1 aliphatic rings. The average Bonchev–Trinajstić information content (AvgIpc) is 2.74. The van der Waals surface area contributed by atoms with Crippen LogP contribution in [0.15, 0.2) is 28.2 Å². The summed E-state index contributed by atoms with van der Waals surface area (Å²) < 4.78 is 27.5. The fourth-order valence-corrected chi connectivity index (χ4v) is 5.52. The van der Waals surface area contributed by atoms with E-state index < -0.39 is 14.9 Å². The van der Waals surface area contributed by atoms with Crippen LogP contribution >= 0.6 is 0 Å². The van der Waals surface area contributed by atoms with Crippen LogP contribution in [0.1, 0.15) is 84.5 Å². The standard InChI is InChI=1S/C22H36N4O4S/c1-3-25(4-2)31(29,30)22-18-20(26(27)28)16-17-21(22)24-23-19-14-12-10-8-6-5-7-9-11-13-15-19/h16-18,24H,3-15H2,1-2H3. The second kappa shape index (κ2) is 12.8. The Hall–Kier alpha value is -2.00. The fraction of sp³-hybridized carbons (Fsp3) is 0.682. The molecule has 0 heterocycles. The van der Waals surface area contributed by atoms with E-state index in [1.54, 1.807) is 13.8 Å². The maximum Gasteiger partial charge on any atom is 0.270 e. The highest BCUT2D eigenvalue weighted by molar-refractivity contribution is 7.89. The van der Waals surface area contributed by atoms with Gasteiger partial charge in [-0.05, 0) is 31.7 Å². The van der Waals surface area contributed by atoms with Crippen molar-refractivity contribution in [2.24, 2.45) is 5.10 Å². The fourth-order valence-electron chi connectivity index (χ4n) is 3.90. The Morgan fingerprint density at radius 1 is 0.968 bits per heavy atom. The van der Waals surface area contributed by atoms with Crippen molar-refractivity contribution in [3.05, 3.63) is 28.3 Å². The summed E-state index contributed by atoms with van der Waals surface area (Å²) in [5, 5.41) is 15.8. The largest absolute Gasteiger partial charge is 0.277 e. The van der Waals surface area contributed by atoms with E-state index in [9.17, 15) is 18.5 Å². The van der Waals surface area contributed by atoms with E-state index >= 15 is 0 Å². The van der Waals surface area contributed by atoms with Gasteiger partial charge in [0.25, 0.3) is 5.69 Å².